The van der Waals surface area contributed by atoms with E-state index in [1.807, 2.05) is 32.0 Å². The molecule has 110 valence electrons. The summed E-state index contributed by atoms with van der Waals surface area (Å²) in [6.45, 7) is 7.74. The number of ether oxygens (including phenoxy) is 2. The van der Waals surface area contributed by atoms with Gasteiger partial charge in [-0.05, 0) is 44.0 Å². The van der Waals surface area contributed by atoms with Gasteiger partial charge in [0.1, 0.15) is 0 Å². The lowest BCUT2D eigenvalue weighted by Gasteiger charge is -2.12. The highest BCUT2D eigenvalue weighted by atomic mass is 16.5. The maximum atomic E-state index is 11.4. The summed E-state index contributed by atoms with van der Waals surface area (Å²) in [6.07, 6.45) is 4.22. The second-order valence-electron chi connectivity index (χ2n) is 4.22. The van der Waals surface area contributed by atoms with Crippen LogP contribution in [0.1, 0.15) is 32.8 Å². The van der Waals surface area contributed by atoms with Crippen LogP contribution in [0.4, 0.5) is 0 Å². The summed E-state index contributed by atoms with van der Waals surface area (Å²) in [5.41, 5.74) is 0.906. The van der Waals surface area contributed by atoms with E-state index in [-0.39, 0.29) is 5.91 Å². The zero-order valence-electron chi connectivity index (χ0n) is 12.4. The number of carbonyl (C=O) groups is 1. The molecule has 0 atom stereocenters. The molecule has 0 spiro atoms. The van der Waals surface area contributed by atoms with Crippen LogP contribution < -0.4 is 14.8 Å². The van der Waals surface area contributed by atoms with E-state index in [9.17, 15) is 4.79 Å². The molecule has 0 heterocycles. The van der Waals surface area contributed by atoms with E-state index in [1.165, 1.54) is 6.08 Å². The molecule has 0 aliphatic carbocycles. The molecule has 0 aliphatic heterocycles. The number of hydrogen-bond donors (Lipinski definition) is 1. The van der Waals surface area contributed by atoms with Gasteiger partial charge in [0.15, 0.2) is 11.5 Å². The van der Waals surface area contributed by atoms with E-state index in [4.69, 9.17) is 9.47 Å². The van der Waals surface area contributed by atoms with Gasteiger partial charge < -0.3 is 14.8 Å². The molecule has 0 saturated carbocycles. The number of amides is 1. The second-order valence-corrected chi connectivity index (χ2v) is 4.22. The predicted octanol–water partition coefficient (Wildman–Crippen LogP) is 3.02. The van der Waals surface area contributed by atoms with Crippen LogP contribution in [0.25, 0.3) is 6.08 Å². The highest BCUT2D eigenvalue weighted by Crippen LogP contribution is 2.29. The standard InChI is InChI=1S/C16H23NO3/c1-4-11-20-14-9-7-13(12-15(14)19-6-3)8-10-16(18)17-5-2/h7-10,12H,4-6,11H2,1-3H3,(H,17,18)/b10-8+. The molecule has 0 radical (unpaired) electrons. The van der Waals surface area contributed by atoms with Crippen molar-refractivity contribution in [2.45, 2.75) is 27.2 Å². The fourth-order valence-corrected chi connectivity index (χ4v) is 1.63. The van der Waals surface area contributed by atoms with Crippen LogP contribution >= 0.6 is 0 Å². The Morgan fingerprint density at radius 1 is 1.20 bits per heavy atom. The van der Waals surface area contributed by atoms with Crippen LogP contribution in [0.15, 0.2) is 24.3 Å². The van der Waals surface area contributed by atoms with Gasteiger partial charge in [0.2, 0.25) is 5.91 Å². The Bertz CT molecular complexity index is 455. The Balaban J connectivity index is 2.83. The van der Waals surface area contributed by atoms with Gasteiger partial charge in [0.05, 0.1) is 13.2 Å². The molecule has 1 amide bonds. The molecule has 0 unspecified atom stereocenters. The van der Waals surface area contributed by atoms with Gasteiger partial charge in [-0.25, -0.2) is 0 Å². The first-order valence-corrected chi connectivity index (χ1v) is 7.06. The first-order chi connectivity index (χ1) is 9.71. The molecule has 4 nitrogen and oxygen atoms in total. The fraction of sp³-hybridized carbons (Fsp3) is 0.438. The van der Waals surface area contributed by atoms with Crippen molar-refractivity contribution in [2.75, 3.05) is 19.8 Å². The molecule has 1 N–H and O–H groups in total. The lowest BCUT2D eigenvalue weighted by Crippen LogP contribution is -2.19. The quantitative estimate of drug-likeness (QED) is 0.743. The Labute approximate surface area is 120 Å². The van der Waals surface area contributed by atoms with Crippen molar-refractivity contribution in [3.05, 3.63) is 29.8 Å². The first-order valence-electron chi connectivity index (χ1n) is 7.06. The minimum atomic E-state index is -0.100. The Morgan fingerprint density at radius 3 is 2.65 bits per heavy atom. The highest BCUT2D eigenvalue weighted by molar-refractivity contribution is 5.91. The predicted molar refractivity (Wildman–Crippen MR) is 81.1 cm³/mol. The maximum absolute atomic E-state index is 11.4. The van der Waals surface area contributed by atoms with Crippen molar-refractivity contribution in [1.29, 1.82) is 0 Å². The van der Waals surface area contributed by atoms with Crippen molar-refractivity contribution < 1.29 is 14.3 Å². The number of rotatable bonds is 8. The SMILES string of the molecule is CCCOc1ccc(/C=C/C(=O)NCC)cc1OCC. The highest BCUT2D eigenvalue weighted by Gasteiger charge is 2.05. The minimum Gasteiger partial charge on any atom is -0.490 e. The maximum Gasteiger partial charge on any atom is 0.243 e. The summed E-state index contributed by atoms with van der Waals surface area (Å²) < 4.78 is 11.2. The average Bonchev–Trinajstić information content (AvgIpc) is 2.45. The molecule has 0 saturated heterocycles. The van der Waals surface area contributed by atoms with Crippen LogP contribution in [0.5, 0.6) is 11.5 Å². The first kappa shape index (κ1) is 16.1. The van der Waals surface area contributed by atoms with Crippen molar-refractivity contribution in [3.8, 4) is 11.5 Å². The van der Waals surface area contributed by atoms with E-state index in [2.05, 4.69) is 12.2 Å². The molecule has 1 aromatic carbocycles. The zero-order valence-corrected chi connectivity index (χ0v) is 12.4. The van der Waals surface area contributed by atoms with Crippen LogP contribution in [0, 0.1) is 0 Å². The van der Waals surface area contributed by atoms with Crippen LogP contribution in [-0.2, 0) is 4.79 Å². The molecule has 0 bridgehead atoms. The number of benzene rings is 1. The normalized spacial score (nSPS) is 10.6. The third kappa shape index (κ3) is 5.34. The summed E-state index contributed by atoms with van der Waals surface area (Å²) in [5.74, 6) is 1.35. The molecule has 0 fully saturated rings. The average molecular weight is 277 g/mol. The lowest BCUT2D eigenvalue weighted by atomic mass is 10.2. The van der Waals surface area contributed by atoms with Crippen molar-refractivity contribution in [2.24, 2.45) is 0 Å². The molecule has 1 aromatic rings. The van der Waals surface area contributed by atoms with Gasteiger partial charge in [-0.1, -0.05) is 13.0 Å². The minimum absolute atomic E-state index is 0.100. The van der Waals surface area contributed by atoms with E-state index in [1.54, 1.807) is 6.08 Å². The Kier molecular flexibility index (Phi) is 7.25. The number of hydrogen-bond acceptors (Lipinski definition) is 3. The summed E-state index contributed by atoms with van der Waals surface area (Å²) in [6, 6.07) is 5.66. The van der Waals surface area contributed by atoms with Crippen molar-refractivity contribution in [3.63, 3.8) is 0 Å². The molecule has 0 aliphatic rings. The van der Waals surface area contributed by atoms with E-state index in [0.717, 1.165) is 17.7 Å². The number of carbonyl (C=O) groups excluding carboxylic acids is 1. The summed E-state index contributed by atoms with van der Waals surface area (Å²) in [7, 11) is 0. The lowest BCUT2D eigenvalue weighted by molar-refractivity contribution is -0.116. The van der Waals surface area contributed by atoms with E-state index >= 15 is 0 Å². The van der Waals surface area contributed by atoms with Gasteiger partial charge in [-0.15, -0.1) is 0 Å². The van der Waals surface area contributed by atoms with Gasteiger partial charge in [-0.2, -0.15) is 0 Å². The van der Waals surface area contributed by atoms with Crippen molar-refractivity contribution >= 4 is 12.0 Å². The molecule has 0 aromatic heterocycles. The summed E-state index contributed by atoms with van der Waals surface area (Å²) in [4.78, 5) is 11.4. The molecule has 20 heavy (non-hydrogen) atoms. The van der Waals surface area contributed by atoms with Gasteiger partial charge in [-0.3, -0.25) is 4.79 Å². The number of nitrogens with one attached hydrogen (secondary N) is 1. The Morgan fingerprint density at radius 2 is 2.00 bits per heavy atom. The second kappa shape index (κ2) is 9.02. The van der Waals surface area contributed by atoms with Crippen LogP contribution in [-0.4, -0.2) is 25.7 Å². The third-order valence-electron chi connectivity index (χ3n) is 2.51. The smallest absolute Gasteiger partial charge is 0.243 e. The molecule has 1 rings (SSSR count). The van der Waals surface area contributed by atoms with Gasteiger partial charge >= 0.3 is 0 Å². The van der Waals surface area contributed by atoms with Crippen LogP contribution in [0.2, 0.25) is 0 Å². The largest absolute Gasteiger partial charge is 0.490 e. The van der Waals surface area contributed by atoms with E-state index in [0.29, 0.717) is 25.5 Å². The van der Waals surface area contributed by atoms with E-state index < -0.39 is 0 Å². The number of likely N-dealkylation sites (N-methyl/N-ethyl adjacent to an activating group) is 1. The fourth-order valence-electron chi connectivity index (χ4n) is 1.63. The topological polar surface area (TPSA) is 47.6 Å². The molecular formula is C16H23NO3. The zero-order chi connectivity index (χ0) is 14.8. The third-order valence-corrected chi connectivity index (χ3v) is 2.51. The Hall–Kier alpha value is -1.97. The van der Waals surface area contributed by atoms with Gasteiger partial charge in [0, 0.05) is 12.6 Å². The van der Waals surface area contributed by atoms with Crippen molar-refractivity contribution in [1.82, 2.24) is 5.32 Å². The molecule has 4 heteroatoms. The molecular weight excluding hydrogens is 254 g/mol. The monoisotopic (exact) mass is 277 g/mol. The van der Waals surface area contributed by atoms with Crippen LogP contribution in [0.3, 0.4) is 0 Å². The van der Waals surface area contributed by atoms with Gasteiger partial charge in [0.25, 0.3) is 0 Å². The summed E-state index contributed by atoms with van der Waals surface area (Å²) in [5, 5.41) is 2.71. The summed E-state index contributed by atoms with van der Waals surface area (Å²) >= 11 is 0.